The summed E-state index contributed by atoms with van der Waals surface area (Å²) in [4.78, 5) is 0. The van der Waals surface area contributed by atoms with Crippen LogP contribution in [-0.2, 0) is 0 Å². The number of benzene rings is 1. The molecule has 0 radical (unpaired) electrons. The van der Waals surface area contributed by atoms with Gasteiger partial charge in [-0.15, -0.1) is 0 Å². The number of halogens is 1. The Balaban J connectivity index is 2.65. The Hall–Kier alpha value is -1.53. The number of nitrogens with one attached hydrogen (secondary N) is 1. The average Bonchev–Trinajstić information content (AvgIpc) is 2.05. The van der Waals surface area contributed by atoms with Crippen LogP contribution in [0.15, 0.2) is 29.4 Å². The third kappa shape index (κ3) is 2.60. The molecule has 0 spiro atoms. The molecule has 0 atom stereocenters. The van der Waals surface area contributed by atoms with Crippen molar-refractivity contribution in [1.82, 2.24) is 0 Å². The Morgan fingerprint density at radius 3 is 3.08 bits per heavy atom. The van der Waals surface area contributed by atoms with Gasteiger partial charge in [0, 0.05) is 5.02 Å². The number of hydrazone groups is 1. The van der Waals surface area contributed by atoms with Crippen LogP contribution in [0.2, 0.25) is 5.02 Å². The minimum atomic E-state index is 0.632. The van der Waals surface area contributed by atoms with Gasteiger partial charge in [-0.3, -0.25) is 5.43 Å². The van der Waals surface area contributed by atoms with Gasteiger partial charge in [0.2, 0.25) is 0 Å². The Kier molecular flexibility index (Phi) is 3.12. The Morgan fingerprint density at radius 2 is 2.42 bits per heavy atom. The average molecular weight is 180 g/mol. The van der Waals surface area contributed by atoms with Gasteiger partial charge >= 0.3 is 0 Å². The van der Waals surface area contributed by atoms with Crippen LogP contribution in [0.3, 0.4) is 0 Å². The summed E-state index contributed by atoms with van der Waals surface area (Å²) < 4.78 is 0. The van der Waals surface area contributed by atoms with E-state index in [0.29, 0.717) is 5.02 Å². The molecule has 0 aromatic heterocycles. The molecular weight excluding hydrogens is 174 g/mol. The summed E-state index contributed by atoms with van der Waals surface area (Å²) in [5, 5.41) is 12.4. The number of rotatable bonds is 2. The van der Waals surface area contributed by atoms with Crippen LogP contribution in [0.1, 0.15) is 0 Å². The molecule has 1 aromatic carbocycles. The van der Waals surface area contributed by atoms with E-state index in [1.54, 1.807) is 30.3 Å². The summed E-state index contributed by atoms with van der Waals surface area (Å²) in [6, 6.07) is 8.85. The fraction of sp³-hybridized carbons (Fsp3) is 0. The molecule has 0 amide bonds. The number of nitrogens with zero attached hydrogens (tertiary/aromatic N) is 2. The highest BCUT2D eigenvalue weighted by atomic mass is 35.5. The first kappa shape index (κ1) is 8.57. The molecule has 0 unspecified atom stereocenters. The van der Waals surface area contributed by atoms with E-state index in [1.807, 2.05) is 0 Å². The lowest BCUT2D eigenvalue weighted by molar-refractivity contribution is 1.35. The van der Waals surface area contributed by atoms with E-state index >= 15 is 0 Å². The molecule has 1 rings (SSSR count). The van der Waals surface area contributed by atoms with Gasteiger partial charge in [-0.2, -0.15) is 10.4 Å². The van der Waals surface area contributed by atoms with Gasteiger partial charge in [0.15, 0.2) is 0 Å². The molecule has 4 heteroatoms. The van der Waals surface area contributed by atoms with E-state index in [-0.39, 0.29) is 0 Å². The van der Waals surface area contributed by atoms with Crippen molar-refractivity contribution in [3.8, 4) is 6.07 Å². The summed E-state index contributed by atoms with van der Waals surface area (Å²) >= 11 is 5.70. The number of hydrogen-bond donors (Lipinski definition) is 1. The Bertz CT molecular complexity index is 327. The standard InChI is InChI=1S/C8H6ClN3/c9-7-2-1-3-8(6-7)12-11-5-4-10/h1-3,5-6,12H/b11-5-. The molecule has 12 heavy (non-hydrogen) atoms. The molecule has 1 aromatic rings. The van der Waals surface area contributed by atoms with Gasteiger partial charge in [-0.1, -0.05) is 17.7 Å². The quantitative estimate of drug-likeness (QED) is 0.559. The van der Waals surface area contributed by atoms with E-state index in [4.69, 9.17) is 16.9 Å². The van der Waals surface area contributed by atoms with E-state index in [0.717, 1.165) is 11.9 Å². The van der Waals surface area contributed by atoms with Crippen molar-refractivity contribution in [3.63, 3.8) is 0 Å². The fourth-order valence-electron chi connectivity index (χ4n) is 0.694. The minimum absolute atomic E-state index is 0.632. The second-order valence-corrected chi connectivity index (χ2v) is 2.45. The van der Waals surface area contributed by atoms with E-state index in [9.17, 15) is 0 Å². The van der Waals surface area contributed by atoms with Gasteiger partial charge in [0.05, 0.1) is 5.69 Å². The van der Waals surface area contributed by atoms with E-state index in [1.165, 1.54) is 0 Å². The maximum absolute atomic E-state index is 8.13. The second kappa shape index (κ2) is 4.37. The van der Waals surface area contributed by atoms with Crippen LogP contribution in [0.5, 0.6) is 0 Å². The summed E-state index contributed by atoms with van der Waals surface area (Å²) in [5.41, 5.74) is 3.41. The maximum Gasteiger partial charge on any atom is 0.124 e. The highest BCUT2D eigenvalue weighted by Gasteiger charge is 1.89. The fourth-order valence-corrected chi connectivity index (χ4v) is 0.884. The third-order valence-corrected chi connectivity index (χ3v) is 1.38. The number of hydrogen-bond acceptors (Lipinski definition) is 3. The summed E-state index contributed by atoms with van der Waals surface area (Å²) in [6.07, 6.45) is 1.11. The topological polar surface area (TPSA) is 48.2 Å². The molecule has 0 aliphatic heterocycles. The first-order chi connectivity index (χ1) is 5.83. The third-order valence-electron chi connectivity index (χ3n) is 1.14. The molecule has 0 fully saturated rings. The molecule has 0 bridgehead atoms. The summed E-state index contributed by atoms with van der Waals surface area (Å²) in [6.45, 7) is 0. The van der Waals surface area contributed by atoms with Crippen molar-refractivity contribution in [3.05, 3.63) is 29.3 Å². The van der Waals surface area contributed by atoms with Gasteiger partial charge in [-0.05, 0) is 18.2 Å². The molecule has 0 aliphatic carbocycles. The van der Waals surface area contributed by atoms with Crippen molar-refractivity contribution in [2.75, 3.05) is 5.43 Å². The molecule has 0 saturated carbocycles. The summed E-state index contributed by atoms with van der Waals surface area (Å²) in [7, 11) is 0. The predicted octanol–water partition coefficient (Wildman–Crippen LogP) is 2.26. The van der Waals surface area contributed by atoms with Gasteiger partial charge in [0.1, 0.15) is 12.3 Å². The Labute approximate surface area is 75.3 Å². The largest absolute Gasteiger partial charge is 0.278 e. The molecule has 0 aliphatic rings. The van der Waals surface area contributed by atoms with Crippen LogP contribution in [0.25, 0.3) is 0 Å². The van der Waals surface area contributed by atoms with Crippen LogP contribution in [-0.4, -0.2) is 6.21 Å². The SMILES string of the molecule is N#C/C=N\Nc1cccc(Cl)c1. The minimum Gasteiger partial charge on any atom is -0.278 e. The molecular formula is C8H6ClN3. The zero-order valence-corrected chi connectivity index (χ0v) is 6.92. The van der Waals surface area contributed by atoms with Crippen molar-refractivity contribution in [2.45, 2.75) is 0 Å². The first-order valence-electron chi connectivity index (χ1n) is 3.25. The van der Waals surface area contributed by atoms with Crippen molar-refractivity contribution < 1.29 is 0 Å². The monoisotopic (exact) mass is 179 g/mol. The number of nitriles is 1. The highest BCUT2D eigenvalue weighted by Crippen LogP contribution is 2.14. The normalized spacial score (nSPS) is 9.67. The zero-order chi connectivity index (χ0) is 8.81. The van der Waals surface area contributed by atoms with Gasteiger partial charge in [0.25, 0.3) is 0 Å². The Morgan fingerprint density at radius 1 is 1.58 bits per heavy atom. The lowest BCUT2D eigenvalue weighted by Crippen LogP contribution is -1.87. The smallest absolute Gasteiger partial charge is 0.124 e. The van der Waals surface area contributed by atoms with Crippen molar-refractivity contribution >= 4 is 23.5 Å². The first-order valence-corrected chi connectivity index (χ1v) is 3.63. The summed E-state index contributed by atoms with van der Waals surface area (Å²) in [5.74, 6) is 0. The highest BCUT2D eigenvalue weighted by molar-refractivity contribution is 6.30. The van der Waals surface area contributed by atoms with E-state index < -0.39 is 0 Å². The molecule has 1 N–H and O–H groups in total. The van der Waals surface area contributed by atoms with Crippen LogP contribution in [0.4, 0.5) is 5.69 Å². The van der Waals surface area contributed by atoms with Crippen LogP contribution < -0.4 is 5.43 Å². The van der Waals surface area contributed by atoms with Gasteiger partial charge < -0.3 is 0 Å². The van der Waals surface area contributed by atoms with Crippen molar-refractivity contribution in [2.24, 2.45) is 5.10 Å². The molecule has 3 nitrogen and oxygen atoms in total. The van der Waals surface area contributed by atoms with Crippen LogP contribution in [0, 0.1) is 11.3 Å². The predicted molar refractivity (Wildman–Crippen MR) is 49.2 cm³/mol. The lowest BCUT2D eigenvalue weighted by Gasteiger charge is -1.97. The lowest BCUT2D eigenvalue weighted by atomic mass is 10.3. The molecule has 0 heterocycles. The number of anilines is 1. The zero-order valence-electron chi connectivity index (χ0n) is 6.16. The van der Waals surface area contributed by atoms with Crippen molar-refractivity contribution in [1.29, 1.82) is 5.26 Å². The molecule has 0 saturated heterocycles. The second-order valence-electron chi connectivity index (χ2n) is 2.01. The van der Waals surface area contributed by atoms with Crippen LogP contribution >= 0.6 is 11.6 Å². The molecule has 60 valence electrons. The van der Waals surface area contributed by atoms with E-state index in [2.05, 4.69) is 10.5 Å². The maximum atomic E-state index is 8.13. The van der Waals surface area contributed by atoms with Gasteiger partial charge in [-0.25, -0.2) is 0 Å².